The van der Waals surface area contributed by atoms with Crippen LogP contribution in [0.2, 0.25) is 0 Å². The van der Waals surface area contributed by atoms with Crippen molar-refractivity contribution in [3.8, 4) is 0 Å². The second kappa shape index (κ2) is 15.0. The van der Waals surface area contributed by atoms with Gasteiger partial charge in [0.1, 0.15) is 18.1 Å². The third-order valence-electron chi connectivity index (χ3n) is 6.40. The molecule has 0 fully saturated rings. The van der Waals surface area contributed by atoms with Crippen LogP contribution < -0.4 is 21.7 Å². The van der Waals surface area contributed by atoms with Crippen molar-refractivity contribution in [3.05, 3.63) is 36.0 Å². The minimum atomic E-state index is -1.27. The van der Waals surface area contributed by atoms with Crippen molar-refractivity contribution in [3.63, 3.8) is 0 Å². The van der Waals surface area contributed by atoms with Crippen LogP contribution in [0.25, 0.3) is 10.9 Å². The standard InChI is InChI=1S/C28H41N5O7/c1-15(2)11-19(29)25(36)31-21(9-10-24(34)35)26(37)32-22(27(38)33-23(28(39)40)12-16(3)4)13-17-14-30-20-8-6-5-7-18(17)20/h5-8,14-16,19,21-23,30H,9-13,29H2,1-4H3,(H,31,36)(H,32,37)(H,33,38)(H,34,35)(H,39,40). The van der Waals surface area contributed by atoms with Crippen molar-refractivity contribution in [1.29, 1.82) is 0 Å². The molecule has 0 spiro atoms. The number of nitrogens with two attached hydrogens (primary N) is 1. The summed E-state index contributed by atoms with van der Waals surface area (Å²) in [5, 5.41) is 27.3. The zero-order chi connectivity index (χ0) is 30.0. The average molecular weight is 560 g/mol. The third-order valence-corrected chi connectivity index (χ3v) is 6.40. The lowest BCUT2D eigenvalue weighted by molar-refractivity contribution is -0.142. The van der Waals surface area contributed by atoms with Crippen molar-refractivity contribution < 1.29 is 34.2 Å². The molecule has 0 aliphatic carbocycles. The van der Waals surface area contributed by atoms with E-state index >= 15 is 0 Å². The first-order valence-corrected chi connectivity index (χ1v) is 13.4. The summed E-state index contributed by atoms with van der Waals surface area (Å²) in [6.07, 6.45) is 1.62. The quantitative estimate of drug-likeness (QED) is 0.160. The van der Waals surface area contributed by atoms with E-state index in [1.54, 1.807) is 6.20 Å². The predicted octanol–water partition coefficient (Wildman–Crippen LogP) is 1.53. The Morgan fingerprint density at radius 3 is 2.00 bits per heavy atom. The fourth-order valence-corrected chi connectivity index (χ4v) is 4.40. The second-order valence-corrected chi connectivity index (χ2v) is 10.9. The van der Waals surface area contributed by atoms with Gasteiger partial charge in [-0.25, -0.2) is 4.79 Å². The van der Waals surface area contributed by atoms with Gasteiger partial charge in [-0.15, -0.1) is 0 Å². The van der Waals surface area contributed by atoms with E-state index in [1.165, 1.54) is 0 Å². The van der Waals surface area contributed by atoms with E-state index in [0.29, 0.717) is 12.0 Å². The van der Waals surface area contributed by atoms with Gasteiger partial charge in [0, 0.05) is 29.9 Å². The van der Waals surface area contributed by atoms with Crippen molar-refractivity contribution in [2.75, 3.05) is 0 Å². The van der Waals surface area contributed by atoms with E-state index in [-0.39, 0.29) is 31.1 Å². The summed E-state index contributed by atoms with van der Waals surface area (Å²) in [4.78, 5) is 65.6. The molecule has 40 heavy (non-hydrogen) atoms. The van der Waals surface area contributed by atoms with Crippen LogP contribution in [0.5, 0.6) is 0 Å². The number of hydrogen-bond donors (Lipinski definition) is 7. The van der Waals surface area contributed by atoms with Crippen molar-refractivity contribution in [1.82, 2.24) is 20.9 Å². The minimum Gasteiger partial charge on any atom is -0.481 e. The number of fused-ring (bicyclic) bond motifs is 1. The van der Waals surface area contributed by atoms with Crippen molar-refractivity contribution >= 4 is 40.6 Å². The zero-order valence-electron chi connectivity index (χ0n) is 23.4. The molecule has 0 saturated heterocycles. The molecule has 0 aliphatic heterocycles. The molecule has 0 bridgehead atoms. The molecule has 0 aliphatic rings. The molecular weight excluding hydrogens is 518 g/mol. The van der Waals surface area contributed by atoms with E-state index in [0.717, 1.165) is 10.9 Å². The predicted molar refractivity (Wildman–Crippen MR) is 149 cm³/mol. The first kappa shape index (κ1) is 32.3. The molecule has 12 nitrogen and oxygen atoms in total. The summed E-state index contributed by atoms with van der Waals surface area (Å²) in [7, 11) is 0. The lowest BCUT2D eigenvalue weighted by Gasteiger charge is -2.25. The highest BCUT2D eigenvalue weighted by molar-refractivity contribution is 5.95. The molecule has 0 saturated carbocycles. The molecule has 1 aromatic carbocycles. The van der Waals surface area contributed by atoms with Crippen LogP contribution in [-0.2, 0) is 30.4 Å². The van der Waals surface area contributed by atoms with Crippen molar-refractivity contribution in [2.45, 2.75) is 84.0 Å². The van der Waals surface area contributed by atoms with Crippen LogP contribution in [0.15, 0.2) is 30.5 Å². The number of carbonyl (C=O) groups excluding carboxylic acids is 3. The monoisotopic (exact) mass is 559 g/mol. The number of H-pyrrole nitrogens is 1. The maximum absolute atomic E-state index is 13.4. The van der Waals surface area contributed by atoms with Crippen LogP contribution >= 0.6 is 0 Å². The van der Waals surface area contributed by atoms with Gasteiger partial charge in [-0.1, -0.05) is 45.9 Å². The number of aromatic nitrogens is 1. The minimum absolute atomic E-state index is 0.0159. The largest absolute Gasteiger partial charge is 0.481 e. The number of para-hydroxylation sites is 1. The van der Waals surface area contributed by atoms with Crippen LogP contribution in [0, 0.1) is 11.8 Å². The van der Waals surface area contributed by atoms with E-state index in [4.69, 9.17) is 5.73 Å². The van der Waals surface area contributed by atoms with Gasteiger partial charge in [0.25, 0.3) is 0 Å². The van der Waals surface area contributed by atoms with Gasteiger partial charge in [-0.3, -0.25) is 19.2 Å². The number of rotatable bonds is 16. The van der Waals surface area contributed by atoms with Crippen molar-refractivity contribution in [2.24, 2.45) is 17.6 Å². The van der Waals surface area contributed by atoms with E-state index in [2.05, 4.69) is 20.9 Å². The number of aromatic amines is 1. The molecule has 220 valence electrons. The first-order chi connectivity index (χ1) is 18.8. The maximum Gasteiger partial charge on any atom is 0.326 e. The van der Waals surface area contributed by atoms with Crippen LogP contribution in [-0.4, -0.2) is 69.0 Å². The Kier molecular flexibility index (Phi) is 12.1. The molecule has 12 heteroatoms. The number of carbonyl (C=O) groups is 5. The summed E-state index contributed by atoms with van der Waals surface area (Å²) in [6.45, 7) is 7.43. The number of aliphatic carboxylic acids is 2. The summed E-state index contributed by atoms with van der Waals surface area (Å²) < 4.78 is 0. The second-order valence-electron chi connectivity index (χ2n) is 10.9. The Bertz CT molecular complexity index is 1190. The Hall–Kier alpha value is -3.93. The molecule has 4 atom stereocenters. The van der Waals surface area contributed by atoms with E-state index < -0.39 is 60.2 Å². The van der Waals surface area contributed by atoms with E-state index in [1.807, 2.05) is 52.0 Å². The highest BCUT2D eigenvalue weighted by Gasteiger charge is 2.31. The summed E-state index contributed by atoms with van der Waals surface area (Å²) in [6, 6.07) is 2.81. The molecule has 3 amide bonds. The van der Waals surface area contributed by atoms with Gasteiger partial charge >= 0.3 is 11.9 Å². The third kappa shape index (κ3) is 9.99. The Balaban J connectivity index is 2.33. The Morgan fingerprint density at radius 1 is 0.825 bits per heavy atom. The Morgan fingerprint density at radius 2 is 1.40 bits per heavy atom. The van der Waals surface area contributed by atoms with Gasteiger partial charge < -0.3 is 36.9 Å². The summed E-state index contributed by atoms with van der Waals surface area (Å²) in [5.41, 5.74) is 7.48. The normalized spacial score (nSPS) is 14.4. The number of carboxylic acids is 2. The number of amides is 3. The highest BCUT2D eigenvalue weighted by atomic mass is 16.4. The molecule has 8 N–H and O–H groups in total. The zero-order valence-corrected chi connectivity index (χ0v) is 23.4. The molecule has 2 aromatic rings. The number of benzene rings is 1. The number of hydrogen-bond acceptors (Lipinski definition) is 6. The molecule has 1 aromatic heterocycles. The molecule has 2 rings (SSSR count). The Labute approximate surface area is 233 Å². The molecular formula is C28H41N5O7. The number of nitrogens with one attached hydrogen (secondary N) is 4. The van der Waals surface area contributed by atoms with Gasteiger partial charge in [-0.05, 0) is 42.7 Å². The topological polar surface area (TPSA) is 204 Å². The van der Waals surface area contributed by atoms with Gasteiger partial charge in [0.2, 0.25) is 17.7 Å². The molecule has 1 heterocycles. The average Bonchev–Trinajstić information content (AvgIpc) is 3.27. The molecule has 0 radical (unpaired) electrons. The molecule has 4 unspecified atom stereocenters. The van der Waals surface area contributed by atoms with E-state index in [9.17, 15) is 34.2 Å². The summed E-state index contributed by atoms with van der Waals surface area (Å²) >= 11 is 0. The lowest BCUT2D eigenvalue weighted by Crippen LogP contribution is -2.57. The lowest BCUT2D eigenvalue weighted by atomic mass is 10.0. The fraction of sp³-hybridized carbons (Fsp3) is 0.536. The van der Waals surface area contributed by atoms with Crippen LogP contribution in [0.4, 0.5) is 0 Å². The first-order valence-electron chi connectivity index (χ1n) is 13.4. The number of carboxylic acid groups (broad SMARTS) is 2. The van der Waals surface area contributed by atoms with Gasteiger partial charge in [0.15, 0.2) is 0 Å². The SMILES string of the molecule is CC(C)CC(N)C(=O)NC(CCC(=O)O)C(=O)NC(Cc1c[nH]c2ccccc12)C(=O)NC(CC(C)C)C(=O)O. The van der Waals surface area contributed by atoms with Crippen LogP contribution in [0.1, 0.15) is 58.9 Å². The van der Waals surface area contributed by atoms with Gasteiger partial charge in [-0.2, -0.15) is 0 Å². The smallest absolute Gasteiger partial charge is 0.326 e. The summed E-state index contributed by atoms with van der Waals surface area (Å²) in [5.74, 6) is -4.37. The highest BCUT2D eigenvalue weighted by Crippen LogP contribution is 2.19. The van der Waals surface area contributed by atoms with Gasteiger partial charge in [0.05, 0.1) is 6.04 Å². The van der Waals surface area contributed by atoms with Crippen LogP contribution in [0.3, 0.4) is 0 Å². The fourth-order valence-electron chi connectivity index (χ4n) is 4.40. The maximum atomic E-state index is 13.4.